The second kappa shape index (κ2) is 9.99. The van der Waals surface area contributed by atoms with Crippen molar-refractivity contribution in [3.8, 4) is 0 Å². The predicted octanol–water partition coefficient (Wildman–Crippen LogP) is 4.53. The molecule has 8 heteroatoms. The van der Waals surface area contributed by atoms with Crippen molar-refractivity contribution in [2.75, 3.05) is 12.8 Å². The molecule has 1 amide bonds. The Hall–Kier alpha value is -2.81. The third-order valence-corrected chi connectivity index (χ3v) is 7.53. The summed E-state index contributed by atoms with van der Waals surface area (Å²) in [7, 11) is 1.80. The number of hydrogen-bond acceptors (Lipinski definition) is 7. The Morgan fingerprint density at radius 1 is 1.15 bits per heavy atom. The van der Waals surface area contributed by atoms with E-state index in [9.17, 15) is 4.79 Å². The van der Waals surface area contributed by atoms with Crippen LogP contribution in [0, 0.1) is 6.92 Å². The molecule has 0 radical (unpaired) electrons. The molecule has 1 aliphatic heterocycles. The summed E-state index contributed by atoms with van der Waals surface area (Å²) < 4.78 is 0. The van der Waals surface area contributed by atoms with E-state index >= 15 is 0 Å². The van der Waals surface area contributed by atoms with Gasteiger partial charge in [-0.05, 0) is 43.5 Å². The molecule has 0 aliphatic carbocycles. The Labute approximate surface area is 202 Å². The van der Waals surface area contributed by atoms with Crippen LogP contribution in [-0.2, 0) is 13.0 Å². The highest BCUT2D eigenvalue weighted by atomic mass is 32.2. The van der Waals surface area contributed by atoms with Crippen molar-refractivity contribution in [2.24, 2.45) is 15.9 Å². The van der Waals surface area contributed by atoms with E-state index in [2.05, 4.69) is 27.3 Å². The molecule has 2 heterocycles. The van der Waals surface area contributed by atoms with E-state index < -0.39 is 5.54 Å². The van der Waals surface area contributed by atoms with Gasteiger partial charge in [0.2, 0.25) is 0 Å². The number of nitrogens with zero attached hydrogens (tertiary/aromatic N) is 4. The van der Waals surface area contributed by atoms with Crippen molar-refractivity contribution >= 4 is 39.8 Å². The molecule has 0 unspecified atom stereocenters. The lowest BCUT2D eigenvalue weighted by atomic mass is 9.95. The van der Waals surface area contributed by atoms with Crippen molar-refractivity contribution in [3.63, 3.8) is 0 Å². The minimum atomic E-state index is -0.588. The molecule has 6 nitrogen and oxygen atoms in total. The molecule has 0 fully saturated rings. The number of carbonyl (C=O) groups is 1. The predicted molar refractivity (Wildman–Crippen MR) is 138 cm³/mol. The van der Waals surface area contributed by atoms with Gasteiger partial charge >= 0.3 is 0 Å². The SMILES string of the molecule is Cc1csc(CN(C)C(=O)c2cccc(C3=NN=C([C@](C)(N)Cc4ccccc4)SC3)c2)n1. The lowest BCUT2D eigenvalue weighted by molar-refractivity contribution is 0.0785. The van der Waals surface area contributed by atoms with Gasteiger partial charge in [0, 0.05) is 29.4 Å². The molecule has 3 aromatic rings. The van der Waals surface area contributed by atoms with Gasteiger partial charge in [-0.3, -0.25) is 4.79 Å². The summed E-state index contributed by atoms with van der Waals surface area (Å²) in [6, 6.07) is 17.7. The van der Waals surface area contributed by atoms with Crippen LogP contribution >= 0.6 is 23.1 Å². The van der Waals surface area contributed by atoms with E-state index in [1.165, 1.54) is 5.56 Å². The molecule has 1 atom stereocenters. The number of thioether (sulfide) groups is 1. The molecular weight excluding hydrogens is 450 g/mol. The lowest BCUT2D eigenvalue weighted by Crippen LogP contribution is -2.46. The summed E-state index contributed by atoms with van der Waals surface area (Å²) in [6.45, 7) is 4.44. The fourth-order valence-corrected chi connectivity index (χ4v) is 5.44. The van der Waals surface area contributed by atoms with E-state index in [0.717, 1.165) is 27.0 Å². The molecule has 2 N–H and O–H groups in total. The molecule has 33 heavy (non-hydrogen) atoms. The summed E-state index contributed by atoms with van der Waals surface area (Å²) in [5.74, 6) is 0.613. The largest absolute Gasteiger partial charge is 0.335 e. The minimum absolute atomic E-state index is 0.0460. The first-order chi connectivity index (χ1) is 15.8. The molecule has 2 aromatic carbocycles. The van der Waals surface area contributed by atoms with Crippen molar-refractivity contribution in [1.82, 2.24) is 9.88 Å². The molecule has 0 spiro atoms. The number of rotatable bonds is 7. The molecule has 170 valence electrons. The van der Waals surface area contributed by atoms with E-state index in [-0.39, 0.29) is 5.91 Å². The van der Waals surface area contributed by atoms with Crippen LogP contribution in [-0.4, -0.2) is 44.9 Å². The third-order valence-electron chi connectivity index (χ3n) is 5.34. The minimum Gasteiger partial charge on any atom is -0.335 e. The average molecular weight is 478 g/mol. The van der Waals surface area contributed by atoms with Crippen molar-refractivity contribution in [2.45, 2.75) is 32.4 Å². The summed E-state index contributed by atoms with van der Waals surface area (Å²) in [4.78, 5) is 19.1. The number of aromatic nitrogens is 1. The smallest absolute Gasteiger partial charge is 0.253 e. The maximum absolute atomic E-state index is 13.0. The zero-order valence-electron chi connectivity index (χ0n) is 19.0. The normalized spacial score (nSPS) is 15.4. The van der Waals surface area contributed by atoms with Gasteiger partial charge in [0.25, 0.3) is 5.91 Å². The van der Waals surface area contributed by atoms with Crippen LogP contribution in [0.15, 0.2) is 70.2 Å². The average Bonchev–Trinajstić information content (AvgIpc) is 3.23. The first-order valence-electron chi connectivity index (χ1n) is 10.7. The standard InChI is InChI=1S/C25H27N5OS2/c1-17-15-32-22(27-17)14-30(3)23(31)20-11-7-10-19(12-20)21-16-33-24(29-28-21)25(2,26)13-18-8-5-4-6-9-18/h4-12,15H,13-14,16,26H2,1-3H3/t25-/m1/s1. The quantitative estimate of drug-likeness (QED) is 0.542. The summed E-state index contributed by atoms with van der Waals surface area (Å²) in [5.41, 5.74) is 10.5. The lowest BCUT2D eigenvalue weighted by Gasteiger charge is -2.27. The topological polar surface area (TPSA) is 83.9 Å². The van der Waals surface area contributed by atoms with Gasteiger partial charge in [0.05, 0.1) is 17.8 Å². The Morgan fingerprint density at radius 3 is 2.61 bits per heavy atom. The molecule has 0 saturated carbocycles. The van der Waals surface area contributed by atoms with Gasteiger partial charge in [0.1, 0.15) is 10.1 Å². The Balaban J connectivity index is 1.47. The Bertz CT molecular complexity index is 1200. The monoisotopic (exact) mass is 477 g/mol. The van der Waals surface area contributed by atoms with E-state index in [0.29, 0.717) is 24.3 Å². The molecule has 4 rings (SSSR count). The van der Waals surface area contributed by atoms with Crippen LogP contribution < -0.4 is 5.73 Å². The van der Waals surface area contributed by atoms with Gasteiger partial charge < -0.3 is 10.6 Å². The highest BCUT2D eigenvalue weighted by Crippen LogP contribution is 2.25. The van der Waals surface area contributed by atoms with Crippen molar-refractivity contribution in [3.05, 3.63) is 87.4 Å². The number of hydrogen-bond donors (Lipinski definition) is 1. The highest BCUT2D eigenvalue weighted by molar-refractivity contribution is 8.14. The zero-order valence-corrected chi connectivity index (χ0v) is 20.6. The maximum atomic E-state index is 13.0. The second-order valence-corrected chi connectivity index (χ2v) is 10.4. The third kappa shape index (κ3) is 5.76. The summed E-state index contributed by atoms with van der Waals surface area (Å²) in [6.07, 6.45) is 0.694. The first kappa shape index (κ1) is 23.4. The Kier molecular flexibility index (Phi) is 7.07. The van der Waals surface area contributed by atoms with E-state index in [4.69, 9.17) is 5.73 Å². The maximum Gasteiger partial charge on any atom is 0.253 e. The van der Waals surface area contributed by atoms with Crippen molar-refractivity contribution in [1.29, 1.82) is 0 Å². The number of amides is 1. The van der Waals surface area contributed by atoms with Crippen LogP contribution in [0.5, 0.6) is 0 Å². The van der Waals surface area contributed by atoms with Crippen molar-refractivity contribution < 1.29 is 4.79 Å². The highest BCUT2D eigenvalue weighted by Gasteiger charge is 2.29. The van der Waals surface area contributed by atoms with E-state index in [1.54, 1.807) is 35.0 Å². The van der Waals surface area contributed by atoms with Crippen LogP contribution in [0.3, 0.4) is 0 Å². The van der Waals surface area contributed by atoms with Crippen LogP contribution in [0.25, 0.3) is 0 Å². The number of nitrogens with two attached hydrogens (primary N) is 1. The zero-order chi connectivity index (χ0) is 23.4. The van der Waals surface area contributed by atoms with E-state index in [1.807, 2.05) is 61.7 Å². The van der Waals surface area contributed by atoms with Gasteiger partial charge in [-0.15, -0.1) is 28.2 Å². The van der Waals surface area contributed by atoms with Gasteiger partial charge in [-0.2, -0.15) is 5.10 Å². The summed E-state index contributed by atoms with van der Waals surface area (Å²) >= 11 is 3.18. The van der Waals surface area contributed by atoms with Gasteiger partial charge in [0.15, 0.2) is 0 Å². The van der Waals surface area contributed by atoms with Gasteiger partial charge in [-0.1, -0.05) is 42.5 Å². The number of thiazole rings is 1. The summed E-state index contributed by atoms with van der Waals surface area (Å²) in [5, 5.41) is 12.7. The molecular formula is C25H27N5OS2. The number of benzene rings is 2. The second-order valence-electron chi connectivity index (χ2n) is 8.45. The van der Waals surface area contributed by atoms with Crippen LogP contribution in [0.4, 0.5) is 0 Å². The molecule has 0 saturated heterocycles. The van der Waals surface area contributed by atoms with Crippen LogP contribution in [0.1, 0.15) is 39.1 Å². The first-order valence-corrected chi connectivity index (χ1v) is 12.6. The number of carbonyl (C=O) groups excluding carboxylic acids is 1. The molecule has 0 bridgehead atoms. The van der Waals surface area contributed by atoms with Crippen LogP contribution in [0.2, 0.25) is 0 Å². The number of aryl methyl sites for hydroxylation is 1. The fourth-order valence-electron chi connectivity index (χ4n) is 3.62. The molecule has 1 aromatic heterocycles. The Morgan fingerprint density at radius 2 is 1.94 bits per heavy atom. The fraction of sp³-hybridized carbons (Fsp3) is 0.280. The van der Waals surface area contributed by atoms with Gasteiger partial charge in [-0.25, -0.2) is 4.98 Å². The molecule has 1 aliphatic rings.